The van der Waals surface area contributed by atoms with E-state index in [2.05, 4.69) is 34.2 Å². The van der Waals surface area contributed by atoms with Crippen molar-refractivity contribution in [1.82, 2.24) is 4.98 Å². The number of aryl methyl sites for hydroxylation is 1. The van der Waals surface area contributed by atoms with Gasteiger partial charge in [-0.05, 0) is 61.1 Å². The first-order valence-corrected chi connectivity index (χ1v) is 9.90. The van der Waals surface area contributed by atoms with Crippen LogP contribution in [0, 0.1) is 5.92 Å². The van der Waals surface area contributed by atoms with Crippen molar-refractivity contribution in [2.24, 2.45) is 5.92 Å². The van der Waals surface area contributed by atoms with Crippen LogP contribution in [0.2, 0.25) is 0 Å². The number of nitrogens with two attached hydrogens (primary N) is 1. The highest BCUT2D eigenvalue weighted by molar-refractivity contribution is 9.10. The summed E-state index contributed by atoms with van der Waals surface area (Å²) < 4.78 is 0.968. The molecule has 2 aromatic heterocycles. The highest BCUT2D eigenvalue weighted by Crippen LogP contribution is 2.36. The lowest BCUT2D eigenvalue weighted by molar-refractivity contribution is 0.103. The molecule has 0 saturated carbocycles. The predicted octanol–water partition coefficient (Wildman–Crippen LogP) is 5.02. The normalized spacial score (nSPS) is 16.6. The predicted molar refractivity (Wildman–Crippen MR) is 107 cm³/mol. The van der Waals surface area contributed by atoms with Gasteiger partial charge in [0.15, 0.2) is 0 Å². The molecular weight excluding hydrogens is 398 g/mol. The number of fused-ring (bicyclic) bond motifs is 2. The number of pyridine rings is 1. The smallest absolute Gasteiger partial charge is 0.267 e. The maximum Gasteiger partial charge on any atom is 0.267 e. The van der Waals surface area contributed by atoms with Crippen LogP contribution in [0.5, 0.6) is 0 Å². The molecule has 1 aliphatic rings. The lowest BCUT2D eigenvalue weighted by atomic mass is 9.87. The second kappa shape index (κ2) is 6.42. The molecule has 1 aliphatic carbocycles. The second-order valence-electron chi connectivity index (χ2n) is 6.60. The van der Waals surface area contributed by atoms with E-state index in [9.17, 15) is 4.79 Å². The second-order valence-corrected chi connectivity index (χ2v) is 8.52. The lowest BCUT2D eigenvalue weighted by Gasteiger charge is -2.20. The van der Waals surface area contributed by atoms with E-state index in [1.807, 2.05) is 24.3 Å². The van der Waals surface area contributed by atoms with Gasteiger partial charge in [0.25, 0.3) is 5.91 Å². The maximum absolute atomic E-state index is 12.6. The number of anilines is 2. The molecule has 1 atom stereocenters. The molecule has 3 aromatic rings. The molecule has 0 saturated heterocycles. The van der Waals surface area contributed by atoms with Crippen LogP contribution in [0.25, 0.3) is 10.2 Å². The topological polar surface area (TPSA) is 68.0 Å². The van der Waals surface area contributed by atoms with E-state index in [4.69, 9.17) is 10.7 Å². The van der Waals surface area contributed by atoms with Gasteiger partial charge in [-0.15, -0.1) is 11.3 Å². The number of carbonyl (C=O) groups excluding carboxylic acids is 1. The highest BCUT2D eigenvalue weighted by atomic mass is 79.9. The van der Waals surface area contributed by atoms with E-state index in [1.165, 1.54) is 23.3 Å². The molecule has 25 heavy (non-hydrogen) atoms. The number of benzene rings is 1. The van der Waals surface area contributed by atoms with Gasteiger partial charge in [-0.3, -0.25) is 4.79 Å². The first-order chi connectivity index (χ1) is 12.0. The van der Waals surface area contributed by atoms with Gasteiger partial charge in [0.2, 0.25) is 0 Å². The summed E-state index contributed by atoms with van der Waals surface area (Å²) in [5, 5.41) is 3.81. The molecule has 3 N–H and O–H groups in total. The van der Waals surface area contributed by atoms with Gasteiger partial charge in [-0.25, -0.2) is 4.98 Å². The zero-order valence-corrected chi connectivity index (χ0v) is 16.2. The summed E-state index contributed by atoms with van der Waals surface area (Å²) in [6, 6.07) is 9.62. The van der Waals surface area contributed by atoms with Gasteiger partial charge in [0, 0.05) is 21.2 Å². The Bertz CT molecular complexity index is 965. The van der Waals surface area contributed by atoms with Crippen molar-refractivity contribution in [2.45, 2.75) is 26.2 Å². The third-order valence-corrected chi connectivity index (χ3v) is 6.28. The third-order valence-electron chi connectivity index (χ3n) is 4.64. The highest BCUT2D eigenvalue weighted by Gasteiger charge is 2.22. The van der Waals surface area contributed by atoms with Crippen molar-refractivity contribution in [3.8, 4) is 0 Å². The van der Waals surface area contributed by atoms with Crippen LogP contribution in [0.3, 0.4) is 0 Å². The molecule has 1 aromatic carbocycles. The molecule has 128 valence electrons. The summed E-state index contributed by atoms with van der Waals surface area (Å²) in [5.74, 6) is 0.487. The Morgan fingerprint density at radius 1 is 1.36 bits per heavy atom. The zero-order valence-electron chi connectivity index (χ0n) is 13.8. The zero-order chi connectivity index (χ0) is 17.6. The molecule has 6 heteroatoms. The van der Waals surface area contributed by atoms with Gasteiger partial charge >= 0.3 is 0 Å². The first-order valence-electron chi connectivity index (χ1n) is 8.29. The average Bonchev–Trinajstić information content (AvgIpc) is 2.91. The van der Waals surface area contributed by atoms with Gasteiger partial charge < -0.3 is 11.1 Å². The van der Waals surface area contributed by atoms with Crippen molar-refractivity contribution < 1.29 is 4.79 Å². The Morgan fingerprint density at radius 3 is 2.88 bits per heavy atom. The fourth-order valence-electron chi connectivity index (χ4n) is 3.26. The summed E-state index contributed by atoms with van der Waals surface area (Å²) >= 11 is 4.76. The number of nitrogens with one attached hydrogen (secondary N) is 1. The molecule has 0 radical (unpaired) electrons. The van der Waals surface area contributed by atoms with Crippen molar-refractivity contribution in [1.29, 1.82) is 0 Å². The summed E-state index contributed by atoms with van der Waals surface area (Å²) in [4.78, 5) is 18.8. The van der Waals surface area contributed by atoms with E-state index in [-0.39, 0.29) is 5.91 Å². The SMILES string of the molecule is CC1CCc2nc3sc(C(=O)Nc4ccc(Br)cc4)c(N)c3cc2C1. The Morgan fingerprint density at radius 2 is 2.12 bits per heavy atom. The monoisotopic (exact) mass is 415 g/mol. The van der Waals surface area contributed by atoms with Crippen LogP contribution in [-0.4, -0.2) is 10.9 Å². The minimum Gasteiger partial charge on any atom is -0.397 e. The number of nitrogen functional groups attached to an aromatic ring is 1. The minimum absolute atomic E-state index is 0.186. The van der Waals surface area contributed by atoms with Crippen molar-refractivity contribution >= 4 is 54.8 Å². The molecule has 4 nitrogen and oxygen atoms in total. The van der Waals surface area contributed by atoms with E-state index >= 15 is 0 Å². The third kappa shape index (κ3) is 3.16. The van der Waals surface area contributed by atoms with Crippen molar-refractivity contribution in [3.63, 3.8) is 0 Å². The summed E-state index contributed by atoms with van der Waals surface area (Å²) in [7, 11) is 0. The number of hydrogen-bond acceptors (Lipinski definition) is 4. The summed E-state index contributed by atoms with van der Waals surface area (Å²) in [5.41, 5.74) is 9.99. The number of aromatic nitrogens is 1. The fourth-order valence-corrected chi connectivity index (χ4v) is 4.52. The quantitative estimate of drug-likeness (QED) is 0.617. The standard InChI is InChI=1S/C19H18BrN3OS/c1-10-2-7-15-11(8-10)9-14-16(21)17(25-19(14)23-15)18(24)22-13-5-3-12(20)4-6-13/h3-6,9-10H,2,7-8,21H2,1H3,(H,22,24). The van der Waals surface area contributed by atoms with Gasteiger partial charge in [0.1, 0.15) is 9.71 Å². The Kier molecular flexibility index (Phi) is 4.25. The molecule has 0 fully saturated rings. The van der Waals surface area contributed by atoms with Crippen molar-refractivity contribution in [3.05, 3.63) is 50.9 Å². The number of amides is 1. The van der Waals surface area contributed by atoms with Gasteiger partial charge in [0.05, 0.1) is 5.69 Å². The first kappa shape index (κ1) is 16.5. The molecule has 0 bridgehead atoms. The van der Waals surface area contributed by atoms with Crippen LogP contribution < -0.4 is 11.1 Å². The largest absolute Gasteiger partial charge is 0.397 e. The number of thiophene rings is 1. The molecule has 2 heterocycles. The number of nitrogens with zero attached hydrogens (tertiary/aromatic N) is 1. The molecular formula is C19H18BrN3OS. The van der Waals surface area contributed by atoms with E-state index in [0.29, 0.717) is 16.5 Å². The van der Waals surface area contributed by atoms with E-state index < -0.39 is 0 Å². The van der Waals surface area contributed by atoms with Crippen LogP contribution in [0.15, 0.2) is 34.8 Å². The summed E-state index contributed by atoms with van der Waals surface area (Å²) in [6.07, 6.45) is 3.21. The Balaban J connectivity index is 1.69. The Labute approximate surface area is 158 Å². The average molecular weight is 416 g/mol. The van der Waals surface area contributed by atoms with E-state index in [1.54, 1.807) is 0 Å². The summed E-state index contributed by atoms with van der Waals surface area (Å²) in [6.45, 7) is 2.27. The van der Waals surface area contributed by atoms with Crippen molar-refractivity contribution in [2.75, 3.05) is 11.1 Å². The molecule has 1 unspecified atom stereocenters. The number of hydrogen-bond donors (Lipinski definition) is 2. The van der Waals surface area contributed by atoms with Crippen LogP contribution >= 0.6 is 27.3 Å². The molecule has 0 spiro atoms. The number of rotatable bonds is 2. The number of halogens is 1. The van der Waals surface area contributed by atoms with Crippen LogP contribution in [-0.2, 0) is 12.8 Å². The maximum atomic E-state index is 12.6. The van der Waals surface area contributed by atoms with Gasteiger partial charge in [-0.2, -0.15) is 0 Å². The van der Waals surface area contributed by atoms with Crippen LogP contribution in [0.1, 0.15) is 34.3 Å². The fraction of sp³-hybridized carbons (Fsp3) is 0.263. The lowest BCUT2D eigenvalue weighted by Crippen LogP contribution is -2.12. The van der Waals surface area contributed by atoms with E-state index in [0.717, 1.165) is 38.9 Å². The van der Waals surface area contributed by atoms with Gasteiger partial charge in [-0.1, -0.05) is 22.9 Å². The molecule has 1 amide bonds. The number of carbonyl (C=O) groups is 1. The Hall–Kier alpha value is -1.92. The molecule has 0 aliphatic heterocycles. The molecule has 4 rings (SSSR count). The minimum atomic E-state index is -0.186. The van der Waals surface area contributed by atoms with Crippen LogP contribution in [0.4, 0.5) is 11.4 Å².